The van der Waals surface area contributed by atoms with Crippen LogP contribution < -0.4 is 5.32 Å². The number of carbonyl (C=O) groups is 2. The topological polar surface area (TPSA) is 46.2 Å². The molecule has 1 unspecified atom stereocenters. The summed E-state index contributed by atoms with van der Waals surface area (Å²) in [7, 11) is 0. The highest BCUT2D eigenvalue weighted by Crippen LogP contribution is 2.15. The fourth-order valence-electron chi connectivity index (χ4n) is 1.15. The zero-order chi connectivity index (χ0) is 12.8. The average molecular weight is 304 g/mol. The summed E-state index contributed by atoms with van der Waals surface area (Å²) in [6.07, 6.45) is -3.76. The molecule has 7 heteroatoms. The van der Waals surface area contributed by atoms with Crippen LogP contribution in [0, 0.1) is 5.92 Å². The average Bonchev–Trinajstić information content (AvgIpc) is 2.21. The van der Waals surface area contributed by atoms with Gasteiger partial charge in [-0.1, -0.05) is 29.3 Å². The minimum atomic E-state index is -4.89. The third-order valence-electron chi connectivity index (χ3n) is 1.99. The Kier molecular flexibility index (Phi) is 6.62. The van der Waals surface area contributed by atoms with Gasteiger partial charge in [0.2, 0.25) is 0 Å². The van der Waals surface area contributed by atoms with Crippen LogP contribution in [0.5, 0.6) is 0 Å². The van der Waals surface area contributed by atoms with Gasteiger partial charge in [0.25, 0.3) is 0 Å². The van der Waals surface area contributed by atoms with Gasteiger partial charge in [-0.25, -0.2) is 0 Å². The van der Waals surface area contributed by atoms with E-state index >= 15 is 0 Å². The summed E-state index contributed by atoms with van der Waals surface area (Å²) in [5, 5.41) is 1.80. The molecule has 0 aromatic carbocycles. The van der Waals surface area contributed by atoms with Gasteiger partial charge in [0.1, 0.15) is 5.78 Å². The van der Waals surface area contributed by atoms with E-state index in [2.05, 4.69) is 15.9 Å². The van der Waals surface area contributed by atoms with Crippen LogP contribution in [0.2, 0.25) is 0 Å². The lowest BCUT2D eigenvalue weighted by atomic mass is 10.00. The largest absolute Gasteiger partial charge is 0.471 e. The molecule has 3 nitrogen and oxygen atoms in total. The van der Waals surface area contributed by atoms with Crippen molar-refractivity contribution in [1.82, 2.24) is 5.32 Å². The molecule has 0 saturated heterocycles. The van der Waals surface area contributed by atoms with Gasteiger partial charge in [-0.05, 0) is 6.42 Å². The predicted molar refractivity (Wildman–Crippen MR) is 56.3 cm³/mol. The van der Waals surface area contributed by atoms with Crippen LogP contribution in [0.3, 0.4) is 0 Å². The van der Waals surface area contributed by atoms with Gasteiger partial charge in [-0.2, -0.15) is 13.2 Å². The second-order valence-electron chi connectivity index (χ2n) is 3.29. The zero-order valence-electron chi connectivity index (χ0n) is 8.73. The highest BCUT2D eigenvalue weighted by Gasteiger charge is 2.38. The van der Waals surface area contributed by atoms with Crippen molar-refractivity contribution in [2.45, 2.75) is 25.9 Å². The van der Waals surface area contributed by atoms with Crippen LogP contribution in [0.25, 0.3) is 0 Å². The van der Waals surface area contributed by atoms with Gasteiger partial charge >= 0.3 is 12.1 Å². The monoisotopic (exact) mass is 303 g/mol. The Labute approximate surface area is 99.9 Å². The van der Waals surface area contributed by atoms with Crippen molar-refractivity contribution in [2.75, 3.05) is 11.9 Å². The van der Waals surface area contributed by atoms with Gasteiger partial charge in [0.05, 0.1) is 5.33 Å². The lowest BCUT2D eigenvalue weighted by Gasteiger charge is -2.15. The highest BCUT2D eigenvalue weighted by atomic mass is 79.9. The highest BCUT2D eigenvalue weighted by molar-refractivity contribution is 9.09. The van der Waals surface area contributed by atoms with Gasteiger partial charge in [-0.15, -0.1) is 0 Å². The molecule has 0 bridgehead atoms. The molecule has 94 valence electrons. The molecule has 1 atom stereocenters. The van der Waals surface area contributed by atoms with E-state index in [1.807, 2.05) is 6.92 Å². The Bertz CT molecular complexity index is 256. The molecule has 0 rings (SSSR count). The quantitative estimate of drug-likeness (QED) is 0.763. The van der Waals surface area contributed by atoms with E-state index in [0.717, 1.165) is 0 Å². The molecule has 0 spiro atoms. The van der Waals surface area contributed by atoms with E-state index in [0.29, 0.717) is 12.8 Å². The van der Waals surface area contributed by atoms with E-state index < -0.39 is 18.0 Å². The lowest BCUT2D eigenvalue weighted by Crippen LogP contribution is -2.41. The SMILES string of the molecule is CCCC(CNC(=O)C(F)(F)F)C(=O)CBr. The first kappa shape index (κ1) is 15.4. The standard InChI is InChI=1S/C9H13BrF3NO2/c1-2-3-6(7(15)4-10)5-14-8(16)9(11,12)13/h6H,2-5H2,1H3,(H,14,16). The predicted octanol–water partition coefficient (Wildman–Crippen LogP) is 2.05. The molecule has 0 aromatic rings. The van der Waals surface area contributed by atoms with Gasteiger partial charge in [0.15, 0.2) is 0 Å². The smallest absolute Gasteiger partial charge is 0.348 e. The second-order valence-corrected chi connectivity index (χ2v) is 3.85. The zero-order valence-corrected chi connectivity index (χ0v) is 10.3. The molecule has 16 heavy (non-hydrogen) atoms. The maximum Gasteiger partial charge on any atom is 0.471 e. The number of alkyl halides is 4. The molecule has 1 amide bonds. The number of amides is 1. The molecule has 0 aromatic heterocycles. The maximum absolute atomic E-state index is 11.9. The molecule has 0 radical (unpaired) electrons. The molecule has 0 fully saturated rings. The fourth-order valence-corrected chi connectivity index (χ4v) is 1.61. The van der Waals surface area contributed by atoms with Gasteiger partial charge in [0, 0.05) is 12.5 Å². The summed E-state index contributed by atoms with van der Waals surface area (Å²) in [6, 6.07) is 0. The molecule has 0 saturated carbocycles. The fraction of sp³-hybridized carbons (Fsp3) is 0.778. The third kappa shape index (κ3) is 5.48. The Balaban J connectivity index is 4.22. The molecule has 0 heterocycles. The number of Topliss-reactive ketones (excluding diaryl/α,β-unsaturated/α-hetero) is 1. The van der Waals surface area contributed by atoms with E-state index in [-0.39, 0.29) is 17.7 Å². The van der Waals surface area contributed by atoms with Crippen molar-refractivity contribution in [3.05, 3.63) is 0 Å². The summed E-state index contributed by atoms with van der Waals surface area (Å²) in [5.74, 6) is -2.77. The number of halogens is 4. The van der Waals surface area contributed by atoms with Crippen molar-refractivity contribution in [2.24, 2.45) is 5.92 Å². The summed E-state index contributed by atoms with van der Waals surface area (Å²) >= 11 is 2.95. The number of hydrogen-bond acceptors (Lipinski definition) is 2. The van der Waals surface area contributed by atoms with Crippen molar-refractivity contribution in [3.63, 3.8) is 0 Å². The van der Waals surface area contributed by atoms with Crippen LogP contribution in [-0.2, 0) is 9.59 Å². The van der Waals surface area contributed by atoms with Gasteiger partial charge in [-0.3, -0.25) is 9.59 Å². The minimum absolute atomic E-state index is 0.0829. The van der Waals surface area contributed by atoms with E-state index in [9.17, 15) is 22.8 Å². The first-order valence-electron chi connectivity index (χ1n) is 4.76. The van der Waals surface area contributed by atoms with Crippen LogP contribution >= 0.6 is 15.9 Å². The van der Waals surface area contributed by atoms with Crippen molar-refractivity contribution in [3.8, 4) is 0 Å². The Hall–Kier alpha value is -0.590. The van der Waals surface area contributed by atoms with E-state index in [4.69, 9.17) is 0 Å². The number of hydrogen-bond donors (Lipinski definition) is 1. The van der Waals surface area contributed by atoms with E-state index in [1.165, 1.54) is 0 Å². The Morgan fingerprint density at radius 3 is 2.31 bits per heavy atom. The molecular formula is C9H13BrF3NO2. The Morgan fingerprint density at radius 1 is 1.38 bits per heavy atom. The number of rotatable bonds is 6. The van der Waals surface area contributed by atoms with Crippen LogP contribution in [0.1, 0.15) is 19.8 Å². The molecule has 1 N–H and O–H groups in total. The molecule has 0 aliphatic rings. The van der Waals surface area contributed by atoms with E-state index in [1.54, 1.807) is 5.32 Å². The number of ketones is 1. The number of carbonyl (C=O) groups excluding carboxylic acids is 2. The summed E-state index contributed by atoms with van der Waals surface area (Å²) in [6.45, 7) is 1.55. The lowest BCUT2D eigenvalue weighted by molar-refractivity contribution is -0.173. The molecule has 0 aliphatic heterocycles. The summed E-state index contributed by atoms with van der Waals surface area (Å²) < 4.78 is 35.6. The number of nitrogens with one attached hydrogen (secondary N) is 1. The van der Waals surface area contributed by atoms with Crippen molar-refractivity contribution < 1.29 is 22.8 Å². The normalized spacial score (nSPS) is 13.3. The minimum Gasteiger partial charge on any atom is -0.348 e. The van der Waals surface area contributed by atoms with Crippen LogP contribution in [0.15, 0.2) is 0 Å². The van der Waals surface area contributed by atoms with Crippen molar-refractivity contribution >= 4 is 27.6 Å². The van der Waals surface area contributed by atoms with Crippen molar-refractivity contribution in [1.29, 1.82) is 0 Å². The summed E-state index contributed by atoms with van der Waals surface area (Å²) in [4.78, 5) is 21.8. The van der Waals surface area contributed by atoms with Crippen LogP contribution in [-0.4, -0.2) is 29.7 Å². The molecular weight excluding hydrogens is 291 g/mol. The third-order valence-corrected chi connectivity index (χ3v) is 2.54. The van der Waals surface area contributed by atoms with Crippen LogP contribution in [0.4, 0.5) is 13.2 Å². The molecule has 0 aliphatic carbocycles. The Morgan fingerprint density at radius 2 is 1.94 bits per heavy atom. The first-order valence-corrected chi connectivity index (χ1v) is 5.88. The second kappa shape index (κ2) is 6.88. The first-order chi connectivity index (χ1) is 7.32. The maximum atomic E-state index is 11.9. The van der Waals surface area contributed by atoms with Gasteiger partial charge < -0.3 is 5.32 Å². The summed E-state index contributed by atoms with van der Waals surface area (Å²) in [5.41, 5.74) is 0.